The minimum atomic E-state index is -2.23. The number of halogens is 1. The molecule has 0 aliphatic rings. The van der Waals surface area contributed by atoms with Gasteiger partial charge in [-0.25, -0.2) is 0 Å². The molecule has 1 aromatic carbocycles. The van der Waals surface area contributed by atoms with Crippen molar-refractivity contribution in [3.8, 4) is 5.69 Å². The Bertz CT molecular complexity index is 616. The third kappa shape index (κ3) is 2.10. The molecular formula is C12H10ClNO. The number of hydrogen-bond acceptors (Lipinski definition) is 1. The highest BCUT2D eigenvalue weighted by molar-refractivity contribution is 6.30. The zero-order valence-corrected chi connectivity index (χ0v) is 8.53. The van der Waals surface area contributed by atoms with Gasteiger partial charge in [-0.2, -0.15) is 0 Å². The first-order valence-corrected chi connectivity index (χ1v) is 4.75. The third-order valence-electron chi connectivity index (χ3n) is 2.02. The maximum Gasteiger partial charge on any atom is 0.255 e. The van der Waals surface area contributed by atoms with Gasteiger partial charge in [-0.3, -0.25) is 9.36 Å². The van der Waals surface area contributed by atoms with Crippen LogP contribution in [0.5, 0.6) is 0 Å². The van der Waals surface area contributed by atoms with Gasteiger partial charge < -0.3 is 0 Å². The van der Waals surface area contributed by atoms with Gasteiger partial charge in [0.05, 0.1) is 0 Å². The molecule has 0 radical (unpaired) electrons. The van der Waals surface area contributed by atoms with Crippen molar-refractivity contribution in [1.29, 1.82) is 0 Å². The van der Waals surface area contributed by atoms with Crippen LogP contribution in [-0.2, 0) is 0 Å². The maximum absolute atomic E-state index is 11.7. The quantitative estimate of drug-likeness (QED) is 0.727. The molecule has 0 amide bonds. The van der Waals surface area contributed by atoms with Gasteiger partial charge in [-0.05, 0) is 36.7 Å². The average molecular weight is 223 g/mol. The van der Waals surface area contributed by atoms with E-state index in [9.17, 15) is 4.79 Å². The molecule has 0 saturated carbocycles. The van der Waals surface area contributed by atoms with E-state index in [1.165, 1.54) is 22.9 Å². The monoisotopic (exact) mass is 222 g/mol. The normalized spacial score (nSPS) is 14.1. The van der Waals surface area contributed by atoms with Crippen LogP contribution < -0.4 is 5.56 Å². The molecule has 0 spiro atoms. The van der Waals surface area contributed by atoms with Gasteiger partial charge in [-0.15, -0.1) is 0 Å². The fraction of sp³-hybridized carbons (Fsp3) is 0.0833. The molecule has 0 atom stereocenters. The van der Waals surface area contributed by atoms with E-state index in [1.54, 1.807) is 24.3 Å². The number of aryl methyl sites for hydroxylation is 1. The molecule has 1 aromatic heterocycles. The van der Waals surface area contributed by atoms with E-state index in [0.29, 0.717) is 10.7 Å². The number of aromatic nitrogens is 1. The molecule has 0 aliphatic heterocycles. The van der Waals surface area contributed by atoms with E-state index < -0.39 is 6.85 Å². The molecule has 2 rings (SSSR count). The smallest absolute Gasteiger partial charge is 0.255 e. The standard InChI is InChI=1S/C12H10ClNO/c1-9-2-7-12(15)14(8-9)11-5-3-10(13)4-6-11/h2-8H,1H3/i1D3. The van der Waals surface area contributed by atoms with E-state index in [-0.39, 0.29) is 11.1 Å². The number of rotatable bonds is 1. The van der Waals surface area contributed by atoms with Crippen molar-refractivity contribution in [2.75, 3.05) is 0 Å². The summed E-state index contributed by atoms with van der Waals surface area (Å²) in [6, 6.07) is 9.18. The summed E-state index contributed by atoms with van der Waals surface area (Å²) < 4.78 is 23.3. The van der Waals surface area contributed by atoms with Gasteiger partial charge in [-0.1, -0.05) is 17.7 Å². The Labute approximate surface area is 97.0 Å². The molecule has 0 N–H and O–H groups in total. The Hall–Kier alpha value is -1.54. The van der Waals surface area contributed by atoms with Crippen molar-refractivity contribution in [2.24, 2.45) is 0 Å². The second-order valence-electron chi connectivity index (χ2n) is 3.10. The topological polar surface area (TPSA) is 22.0 Å². The van der Waals surface area contributed by atoms with Gasteiger partial charge in [0.2, 0.25) is 0 Å². The van der Waals surface area contributed by atoms with E-state index in [0.717, 1.165) is 0 Å². The highest BCUT2D eigenvalue weighted by Gasteiger charge is 1.98. The lowest BCUT2D eigenvalue weighted by Crippen LogP contribution is -2.16. The SMILES string of the molecule is [2H]C([2H])([2H])c1ccc(=O)n(-c2ccc(Cl)cc2)c1. The number of hydrogen-bond donors (Lipinski definition) is 0. The fourth-order valence-electron chi connectivity index (χ4n) is 1.29. The second-order valence-corrected chi connectivity index (χ2v) is 3.54. The molecule has 76 valence electrons. The van der Waals surface area contributed by atoms with E-state index in [2.05, 4.69) is 0 Å². The molecule has 3 heteroatoms. The molecule has 0 aliphatic carbocycles. The summed E-state index contributed by atoms with van der Waals surface area (Å²) in [4.78, 5) is 11.7. The van der Waals surface area contributed by atoms with E-state index in [1.807, 2.05) is 0 Å². The summed E-state index contributed by atoms with van der Waals surface area (Å²) in [5.41, 5.74) is 0.415. The van der Waals surface area contributed by atoms with Gasteiger partial charge in [0.1, 0.15) is 0 Å². The first-order valence-electron chi connectivity index (χ1n) is 5.87. The summed E-state index contributed by atoms with van der Waals surface area (Å²) in [6.07, 6.45) is 1.33. The van der Waals surface area contributed by atoms with Crippen LogP contribution >= 0.6 is 11.6 Å². The molecule has 0 saturated heterocycles. The number of pyridine rings is 1. The van der Waals surface area contributed by atoms with Crippen LogP contribution in [0.15, 0.2) is 47.4 Å². The zero-order valence-electron chi connectivity index (χ0n) is 10.8. The summed E-state index contributed by atoms with van der Waals surface area (Å²) in [5.74, 6) is 0. The first kappa shape index (κ1) is 6.85. The largest absolute Gasteiger partial charge is 0.284 e. The summed E-state index contributed by atoms with van der Waals surface area (Å²) in [7, 11) is 0. The van der Waals surface area contributed by atoms with Crippen molar-refractivity contribution in [3.63, 3.8) is 0 Å². The third-order valence-corrected chi connectivity index (χ3v) is 2.27. The summed E-state index contributed by atoms with van der Waals surface area (Å²) in [6.45, 7) is -2.23. The molecule has 15 heavy (non-hydrogen) atoms. The molecule has 0 unspecified atom stereocenters. The Kier molecular flexibility index (Phi) is 1.79. The first-order chi connectivity index (χ1) is 8.38. The summed E-state index contributed by atoms with van der Waals surface area (Å²) in [5, 5.41) is 0.554. The molecule has 2 nitrogen and oxygen atoms in total. The molecule has 0 fully saturated rings. The predicted octanol–water partition coefficient (Wildman–Crippen LogP) is 2.80. The van der Waals surface area contributed by atoms with Crippen LogP contribution in [0.2, 0.25) is 5.02 Å². The Balaban J connectivity index is 2.57. The summed E-state index contributed by atoms with van der Waals surface area (Å²) >= 11 is 5.77. The average Bonchev–Trinajstić information content (AvgIpc) is 2.29. The Morgan fingerprint density at radius 3 is 2.60 bits per heavy atom. The van der Waals surface area contributed by atoms with Crippen molar-refractivity contribution < 1.29 is 4.11 Å². The molecule has 1 heterocycles. The van der Waals surface area contributed by atoms with Crippen molar-refractivity contribution in [2.45, 2.75) is 6.85 Å². The van der Waals surface area contributed by atoms with Crippen molar-refractivity contribution in [3.05, 3.63) is 63.5 Å². The maximum atomic E-state index is 11.7. The van der Waals surface area contributed by atoms with Gasteiger partial charge in [0, 0.05) is 27.1 Å². The minimum absolute atomic E-state index is 0.122. The Morgan fingerprint density at radius 1 is 1.20 bits per heavy atom. The van der Waals surface area contributed by atoms with Crippen LogP contribution in [0.25, 0.3) is 5.69 Å². The van der Waals surface area contributed by atoms with Gasteiger partial charge >= 0.3 is 0 Å². The second kappa shape index (κ2) is 3.91. The predicted molar refractivity (Wildman–Crippen MR) is 61.8 cm³/mol. The van der Waals surface area contributed by atoms with Crippen molar-refractivity contribution in [1.82, 2.24) is 4.57 Å². The number of benzene rings is 1. The fourth-order valence-corrected chi connectivity index (χ4v) is 1.42. The lowest BCUT2D eigenvalue weighted by molar-refractivity contribution is 0.977. The lowest BCUT2D eigenvalue weighted by Gasteiger charge is -2.05. The van der Waals surface area contributed by atoms with Crippen LogP contribution in [0.3, 0.4) is 0 Å². The van der Waals surface area contributed by atoms with E-state index in [4.69, 9.17) is 15.7 Å². The van der Waals surface area contributed by atoms with Crippen LogP contribution in [0.1, 0.15) is 9.68 Å². The molecular weight excluding hydrogens is 210 g/mol. The lowest BCUT2D eigenvalue weighted by atomic mass is 10.2. The molecule has 2 aromatic rings. The number of nitrogens with zero attached hydrogens (tertiary/aromatic N) is 1. The Morgan fingerprint density at radius 2 is 1.93 bits per heavy atom. The van der Waals surface area contributed by atoms with E-state index >= 15 is 0 Å². The zero-order chi connectivity index (χ0) is 13.3. The van der Waals surface area contributed by atoms with Gasteiger partial charge in [0.25, 0.3) is 5.56 Å². The highest BCUT2D eigenvalue weighted by Crippen LogP contribution is 2.12. The molecule has 0 bridgehead atoms. The van der Waals surface area contributed by atoms with Crippen molar-refractivity contribution >= 4 is 11.6 Å². The minimum Gasteiger partial charge on any atom is -0.284 e. The highest BCUT2D eigenvalue weighted by atomic mass is 35.5. The van der Waals surface area contributed by atoms with Crippen LogP contribution in [0, 0.1) is 6.85 Å². The van der Waals surface area contributed by atoms with Crippen LogP contribution in [0.4, 0.5) is 0 Å². The van der Waals surface area contributed by atoms with Crippen LogP contribution in [-0.4, -0.2) is 4.57 Å². The van der Waals surface area contributed by atoms with Gasteiger partial charge in [0.15, 0.2) is 0 Å².